The largest absolute Gasteiger partial charge is 0.381 e. The van der Waals surface area contributed by atoms with Crippen LogP contribution in [-0.4, -0.2) is 54.6 Å². The van der Waals surface area contributed by atoms with Gasteiger partial charge < -0.3 is 15.0 Å². The van der Waals surface area contributed by atoms with Gasteiger partial charge in [0.25, 0.3) is 10.0 Å². The minimum Gasteiger partial charge on any atom is -0.381 e. The van der Waals surface area contributed by atoms with E-state index in [-0.39, 0.29) is 36.1 Å². The summed E-state index contributed by atoms with van der Waals surface area (Å²) in [6.07, 6.45) is 2.97. The lowest BCUT2D eigenvalue weighted by atomic mass is 10.0. The molecule has 1 aromatic rings. The molecule has 2 unspecified atom stereocenters. The van der Waals surface area contributed by atoms with Crippen molar-refractivity contribution in [1.29, 1.82) is 0 Å². The summed E-state index contributed by atoms with van der Waals surface area (Å²) >= 11 is 0. The Hall–Kier alpha value is -0.670. The van der Waals surface area contributed by atoms with Gasteiger partial charge in [-0.2, -0.15) is 4.31 Å². The third-order valence-corrected chi connectivity index (χ3v) is 5.91. The maximum Gasteiger partial charge on any atom is 0.262 e. The fraction of sp³-hybridized carbons (Fsp3) is 0.769. The van der Waals surface area contributed by atoms with E-state index in [1.54, 1.807) is 20.2 Å². The summed E-state index contributed by atoms with van der Waals surface area (Å²) < 4.78 is 34.2. The van der Waals surface area contributed by atoms with E-state index >= 15 is 0 Å². The Labute approximate surface area is 138 Å². The molecule has 1 aliphatic rings. The van der Waals surface area contributed by atoms with Gasteiger partial charge in [-0.25, -0.2) is 13.4 Å². The van der Waals surface area contributed by atoms with Crippen molar-refractivity contribution in [1.82, 2.24) is 13.9 Å². The second-order valence-electron chi connectivity index (χ2n) is 5.30. The van der Waals surface area contributed by atoms with Gasteiger partial charge in [0.05, 0.1) is 6.10 Å². The summed E-state index contributed by atoms with van der Waals surface area (Å²) in [6.45, 7) is 5.16. The SMILES string of the molecule is CCn1cc(S(=O)(=O)N2CCC(OC)CC2CN)nc1C.Cl. The Morgan fingerprint density at radius 2 is 2.18 bits per heavy atom. The van der Waals surface area contributed by atoms with E-state index in [0.29, 0.717) is 31.8 Å². The van der Waals surface area contributed by atoms with E-state index < -0.39 is 10.0 Å². The van der Waals surface area contributed by atoms with Gasteiger partial charge in [0.2, 0.25) is 0 Å². The zero-order valence-corrected chi connectivity index (χ0v) is 14.9. The monoisotopic (exact) mass is 352 g/mol. The first-order chi connectivity index (χ1) is 9.93. The summed E-state index contributed by atoms with van der Waals surface area (Å²) in [7, 11) is -1.95. The van der Waals surface area contributed by atoms with E-state index in [0.717, 1.165) is 0 Å². The van der Waals surface area contributed by atoms with Crippen LogP contribution in [0, 0.1) is 6.92 Å². The summed E-state index contributed by atoms with van der Waals surface area (Å²) in [5, 5.41) is 0.108. The van der Waals surface area contributed by atoms with Crippen LogP contribution >= 0.6 is 12.4 Å². The summed E-state index contributed by atoms with van der Waals surface area (Å²) in [5.41, 5.74) is 5.76. The molecule has 0 radical (unpaired) electrons. The van der Waals surface area contributed by atoms with Crippen LogP contribution in [0.4, 0.5) is 0 Å². The highest BCUT2D eigenvalue weighted by Crippen LogP contribution is 2.26. The molecule has 9 heteroatoms. The van der Waals surface area contributed by atoms with Gasteiger partial charge in [-0.05, 0) is 26.7 Å². The van der Waals surface area contributed by atoms with Gasteiger partial charge in [0, 0.05) is 39.0 Å². The van der Waals surface area contributed by atoms with Crippen LogP contribution < -0.4 is 5.73 Å². The lowest BCUT2D eigenvalue weighted by Crippen LogP contribution is -2.51. The minimum atomic E-state index is -3.60. The van der Waals surface area contributed by atoms with Crippen molar-refractivity contribution in [2.75, 3.05) is 20.2 Å². The van der Waals surface area contributed by atoms with Crippen molar-refractivity contribution in [2.24, 2.45) is 5.73 Å². The highest BCUT2D eigenvalue weighted by molar-refractivity contribution is 7.89. The number of nitrogens with zero attached hydrogens (tertiary/aromatic N) is 3. The molecule has 0 aliphatic carbocycles. The normalized spacial score (nSPS) is 23.3. The highest BCUT2D eigenvalue weighted by Gasteiger charge is 2.37. The van der Waals surface area contributed by atoms with Gasteiger partial charge in [-0.15, -0.1) is 12.4 Å². The van der Waals surface area contributed by atoms with Gasteiger partial charge in [-0.3, -0.25) is 0 Å². The van der Waals surface area contributed by atoms with Gasteiger partial charge >= 0.3 is 0 Å². The number of hydrogen-bond donors (Lipinski definition) is 1. The Morgan fingerprint density at radius 3 is 2.68 bits per heavy atom. The van der Waals surface area contributed by atoms with Crippen molar-refractivity contribution in [3.05, 3.63) is 12.0 Å². The Morgan fingerprint density at radius 1 is 1.50 bits per heavy atom. The molecule has 0 saturated carbocycles. The standard InChI is InChI=1S/C13H24N4O3S.ClH/c1-4-16-9-13(15-10(16)2)21(18,19)17-6-5-12(20-3)7-11(17)8-14;/h9,11-12H,4-8,14H2,1-3H3;1H. The second kappa shape index (κ2) is 7.74. The van der Waals surface area contributed by atoms with Crippen molar-refractivity contribution in [3.63, 3.8) is 0 Å². The molecule has 0 bridgehead atoms. The number of halogens is 1. The lowest BCUT2D eigenvalue weighted by molar-refractivity contribution is 0.0401. The molecule has 22 heavy (non-hydrogen) atoms. The molecule has 1 fully saturated rings. The molecular formula is C13H25ClN4O3S. The first-order valence-electron chi connectivity index (χ1n) is 7.22. The molecule has 2 N–H and O–H groups in total. The fourth-order valence-electron chi connectivity index (χ4n) is 2.78. The number of aryl methyl sites for hydroxylation is 2. The smallest absolute Gasteiger partial charge is 0.262 e. The number of ether oxygens (including phenoxy) is 1. The molecular weight excluding hydrogens is 328 g/mol. The first-order valence-corrected chi connectivity index (χ1v) is 8.66. The molecule has 1 aromatic heterocycles. The third-order valence-electron chi connectivity index (χ3n) is 4.09. The summed E-state index contributed by atoms with van der Waals surface area (Å²) in [6, 6.07) is -0.235. The topological polar surface area (TPSA) is 90.5 Å². The number of methoxy groups -OCH3 is 1. The van der Waals surface area contributed by atoms with Crippen molar-refractivity contribution in [2.45, 2.75) is 50.4 Å². The van der Waals surface area contributed by atoms with Gasteiger partial charge in [0.15, 0.2) is 5.03 Å². The maximum absolute atomic E-state index is 12.8. The fourth-order valence-corrected chi connectivity index (χ4v) is 4.44. The quantitative estimate of drug-likeness (QED) is 0.844. The lowest BCUT2D eigenvalue weighted by Gasteiger charge is -2.36. The maximum atomic E-state index is 12.8. The highest BCUT2D eigenvalue weighted by atomic mass is 35.5. The minimum absolute atomic E-state index is 0. The first kappa shape index (κ1) is 19.4. The van der Waals surface area contributed by atoms with E-state index in [1.165, 1.54) is 4.31 Å². The van der Waals surface area contributed by atoms with Crippen molar-refractivity contribution < 1.29 is 13.2 Å². The van der Waals surface area contributed by atoms with Crippen molar-refractivity contribution >= 4 is 22.4 Å². The number of aromatic nitrogens is 2. The molecule has 1 saturated heterocycles. The average Bonchev–Trinajstić information content (AvgIpc) is 2.88. The third kappa shape index (κ3) is 3.62. The molecule has 2 rings (SSSR count). The molecule has 0 spiro atoms. The predicted octanol–water partition coefficient (Wildman–Crippen LogP) is 0.760. The van der Waals surface area contributed by atoms with Crippen LogP contribution in [0.15, 0.2) is 11.2 Å². The number of hydrogen-bond acceptors (Lipinski definition) is 5. The predicted molar refractivity (Wildman–Crippen MR) is 86.7 cm³/mol. The van der Waals surface area contributed by atoms with Gasteiger partial charge in [-0.1, -0.05) is 0 Å². The van der Waals surface area contributed by atoms with Gasteiger partial charge in [0.1, 0.15) is 5.82 Å². The second-order valence-corrected chi connectivity index (χ2v) is 7.14. The van der Waals surface area contributed by atoms with Crippen LogP contribution in [0.5, 0.6) is 0 Å². The van der Waals surface area contributed by atoms with Crippen LogP contribution in [0.2, 0.25) is 0 Å². The molecule has 0 amide bonds. The number of sulfonamides is 1. The molecule has 128 valence electrons. The number of piperidine rings is 1. The molecule has 2 atom stereocenters. The molecule has 0 aromatic carbocycles. The van der Waals surface area contributed by atoms with E-state index in [9.17, 15) is 8.42 Å². The molecule has 7 nitrogen and oxygen atoms in total. The zero-order valence-electron chi connectivity index (χ0n) is 13.2. The molecule has 1 aliphatic heterocycles. The molecule has 2 heterocycles. The van der Waals surface area contributed by atoms with Crippen LogP contribution in [0.25, 0.3) is 0 Å². The summed E-state index contributed by atoms with van der Waals surface area (Å²) in [4.78, 5) is 4.20. The Bertz CT molecular complexity index is 590. The van der Waals surface area contributed by atoms with E-state index in [2.05, 4.69) is 4.98 Å². The summed E-state index contributed by atoms with van der Waals surface area (Å²) in [5.74, 6) is 0.701. The number of imidazole rings is 1. The number of rotatable bonds is 5. The van der Waals surface area contributed by atoms with Crippen LogP contribution in [0.1, 0.15) is 25.6 Å². The Kier molecular flexibility index (Phi) is 6.82. The Balaban J connectivity index is 0.00000242. The van der Waals surface area contributed by atoms with Crippen LogP contribution in [-0.2, 0) is 21.3 Å². The van der Waals surface area contributed by atoms with Crippen molar-refractivity contribution in [3.8, 4) is 0 Å². The van der Waals surface area contributed by atoms with E-state index in [1.807, 2.05) is 11.5 Å². The van der Waals surface area contributed by atoms with E-state index in [4.69, 9.17) is 10.5 Å². The van der Waals surface area contributed by atoms with Crippen LogP contribution in [0.3, 0.4) is 0 Å². The average molecular weight is 353 g/mol. The zero-order chi connectivity index (χ0) is 15.6. The number of nitrogens with two attached hydrogens (primary N) is 1.